The molecule has 0 fully saturated rings. The number of nitrogens with two attached hydrogens (primary N) is 1. The van der Waals surface area contributed by atoms with Gasteiger partial charge in [-0.1, -0.05) is 0 Å². The highest BCUT2D eigenvalue weighted by molar-refractivity contribution is 5.77. The first-order chi connectivity index (χ1) is 14.0. The number of hydrogen-bond donors (Lipinski definition) is 1. The molecule has 0 aliphatic carbocycles. The lowest BCUT2D eigenvalue weighted by Crippen LogP contribution is -2.31. The summed E-state index contributed by atoms with van der Waals surface area (Å²) in [6.45, 7) is 2.00. The molecule has 1 atom stereocenters. The highest BCUT2D eigenvalue weighted by atomic mass is 19.1. The molecule has 5 rings (SSSR count). The van der Waals surface area contributed by atoms with Gasteiger partial charge in [-0.05, 0) is 31.2 Å². The summed E-state index contributed by atoms with van der Waals surface area (Å²) >= 11 is 0. The van der Waals surface area contributed by atoms with E-state index in [9.17, 15) is 4.39 Å². The Morgan fingerprint density at radius 2 is 2.03 bits per heavy atom. The van der Waals surface area contributed by atoms with Gasteiger partial charge in [-0.2, -0.15) is 0 Å². The minimum Gasteiger partial charge on any atom is -0.497 e. The minimum atomic E-state index is -1.05. The Morgan fingerprint density at radius 3 is 2.76 bits per heavy atom. The SMILES string of the molecule is COc1cc(F)c2c(c1)[C@]1(COC(N)=N1)c1cc(-c3cncc(C)n3)ccc1O2. The number of methoxy groups -OCH3 is 1. The summed E-state index contributed by atoms with van der Waals surface area (Å²) in [7, 11) is 1.47. The molecule has 2 aliphatic heterocycles. The van der Waals surface area contributed by atoms with Crippen molar-refractivity contribution in [3.8, 4) is 28.5 Å². The van der Waals surface area contributed by atoms with Gasteiger partial charge in [-0.3, -0.25) is 4.98 Å². The van der Waals surface area contributed by atoms with E-state index in [0.29, 0.717) is 28.3 Å². The molecule has 146 valence electrons. The first kappa shape index (κ1) is 17.4. The van der Waals surface area contributed by atoms with Crippen molar-refractivity contribution >= 4 is 6.02 Å². The summed E-state index contributed by atoms with van der Waals surface area (Å²) in [5.41, 5.74) is 8.37. The van der Waals surface area contributed by atoms with Crippen molar-refractivity contribution in [2.45, 2.75) is 12.5 Å². The standard InChI is InChI=1S/C21H17FN4O3/c1-11-8-24-9-17(25-11)12-3-4-18-14(5-12)21(10-28-20(23)26-21)15-6-13(27-2)7-16(22)19(15)29-18/h3-9H,10H2,1-2H3,(H2,23,26)/t21-/m0/s1. The zero-order chi connectivity index (χ0) is 20.2. The lowest BCUT2D eigenvalue weighted by atomic mass is 9.80. The summed E-state index contributed by atoms with van der Waals surface area (Å²) < 4.78 is 31.5. The largest absolute Gasteiger partial charge is 0.497 e. The van der Waals surface area contributed by atoms with Crippen molar-refractivity contribution in [3.63, 3.8) is 0 Å². The third-order valence-corrected chi connectivity index (χ3v) is 5.12. The van der Waals surface area contributed by atoms with Crippen LogP contribution in [0.15, 0.2) is 47.7 Å². The number of aromatic nitrogens is 2. The molecule has 7 nitrogen and oxygen atoms in total. The van der Waals surface area contributed by atoms with Crippen LogP contribution in [0.4, 0.5) is 4.39 Å². The zero-order valence-corrected chi connectivity index (χ0v) is 15.8. The Labute approximate surface area is 166 Å². The number of nitrogens with zero attached hydrogens (tertiary/aromatic N) is 3. The third-order valence-electron chi connectivity index (χ3n) is 5.12. The molecule has 0 radical (unpaired) electrons. The van der Waals surface area contributed by atoms with Gasteiger partial charge in [0.05, 0.1) is 24.7 Å². The van der Waals surface area contributed by atoms with E-state index < -0.39 is 11.4 Å². The average molecular weight is 392 g/mol. The Morgan fingerprint density at radius 1 is 1.17 bits per heavy atom. The van der Waals surface area contributed by atoms with E-state index in [2.05, 4.69) is 15.0 Å². The lowest BCUT2D eigenvalue weighted by Gasteiger charge is -2.34. The predicted molar refractivity (Wildman–Crippen MR) is 104 cm³/mol. The smallest absolute Gasteiger partial charge is 0.283 e. The summed E-state index contributed by atoms with van der Waals surface area (Å²) in [6, 6.07) is 8.54. The Balaban J connectivity index is 1.76. The van der Waals surface area contributed by atoms with Gasteiger partial charge in [0.25, 0.3) is 6.02 Å². The van der Waals surface area contributed by atoms with Gasteiger partial charge >= 0.3 is 0 Å². The maximum absolute atomic E-state index is 14.8. The van der Waals surface area contributed by atoms with Crippen molar-refractivity contribution in [1.29, 1.82) is 0 Å². The van der Waals surface area contributed by atoms with Crippen molar-refractivity contribution in [2.75, 3.05) is 13.7 Å². The second-order valence-electron chi connectivity index (χ2n) is 6.94. The van der Waals surface area contributed by atoms with Crippen LogP contribution in [0.1, 0.15) is 16.8 Å². The molecule has 0 amide bonds. The average Bonchev–Trinajstić information content (AvgIpc) is 3.11. The maximum Gasteiger partial charge on any atom is 0.283 e. The first-order valence-corrected chi connectivity index (χ1v) is 8.98. The number of rotatable bonds is 2. The number of ether oxygens (including phenoxy) is 3. The molecule has 2 N–H and O–H groups in total. The van der Waals surface area contributed by atoms with E-state index in [1.165, 1.54) is 13.2 Å². The van der Waals surface area contributed by atoms with Crippen LogP contribution in [0.2, 0.25) is 0 Å². The van der Waals surface area contributed by atoms with Gasteiger partial charge in [-0.25, -0.2) is 14.4 Å². The Bertz CT molecular complexity index is 1180. The number of fused-ring (bicyclic) bond motifs is 4. The van der Waals surface area contributed by atoms with E-state index in [4.69, 9.17) is 19.9 Å². The van der Waals surface area contributed by atoms with Gasteiger partial charge in [0.15, 0.2) is 17.1 Å². The molecule has 0 saturated carbocycles. The van der Waals surface area contributed by atoms with E-state index >= 15 is 0 Å². The molecule has 1 aromatic heterocycles. The highest BCUT2D eigenvalue weighted by Gasteiger charge is 2.48. The molecule has 0 saturated heterocycles. The third kappa shape index (κ3) is 2.60. The van der Waals surface area contributed by atoms with E-state index in [-0.39, 0.29) is 18.4 Å². The first-order valence-electron chi connectivity index (χ1n) is 8.98. The van der Waals surface area contributed by atoms with Crippen molar-refractivity contribution in [3.05, 3.63) is 65.4 Å². The molecule has 1 spiro atoms. The topological polar surface area (TPSA) is 91.9 Å². The van der Waals surface area contributed by atoms with Crippen LogP contribution in [0.3, 0.4) is 0 Å². The second kappa shape index (κ2) is 6.16. The fraction of sp³-hybridized carbons (Fsp3) is 0.190. The number of aryl methyl sites for hydroxylation is 1. The van der Waals surface area contributed by atoms with E-state index in [1.54, 1.807) is 24.5 Å². The number of halogens is 1. The predicted octanol–water partition coefficient (Wildman–Crippen LogP) is 3.29. The normalized spacial score (nSPS) is 19.1. The molecule has 29 heavy (non-hydrogen) atoms. The van der Waals surface area contributed by atoms with E-state index in [1.807, 2.05) is 19.1 Å². The molecular formula is C21H17FN4O3. The van der Waals surface area contributed by atoms with Gasteiger partial charge in [-0.15, -0.1) is 0 Å². The monoisotopic (exact) mass is 392 g/mol. The zero-order valence-electron chi connectivity index (χ0n) is 15.8. The fourth-order valence-corrected chi connectivity index (χ4v) is 3.76. The summed E-state index contributed by atoms with van der Waals surface area (Å²) in [4.78, 5) is 13.3. The Kier molecular flexibility index (Phi) is 3.70. The van der Waals surface area contributed by atoms with Gasteiger partial charge in [0.2, 0.25) is 0 Å². The second-order valence-corrected chi connectivity index (χ2v) is 6.94. The van der Waals surface area contributed by atoms with Crippen LogP contribution in [0.5, 0.6) is 17.2 Å². The quantitative estimate of drug-likeness (QED) is 0.720. The minimum absolute atomic E-state index is 0.0350. The van der Waals surface area contributed by atoms with Crippen LogP contribution in [0.25, 0.3) is 11.3 Å². The molecule has 2 aliphatic rings. The molecule has 2 aromatic carbocycles. The van der Waals surface area contributed by atoms with Crippen molar-refractivity contribution in [1.82, 2.24) is 9.97 Å². The molecule has 0 unspecified atom stereocenters. The number of hydrogen-bond acceptors (Lipinski definition) is 7. The van der Waals surface area contributed by atoms with Crippen molar-refractivity contribution < 1.29 is 18.6 Å². The van der Waals surface area contributed by atoms with Crippen LogP contribution >= 0.6 is 0 Å². The van der Waals surface area contributed by atoms with Crippen LogP contribution < -0.4 is 15.2 Å². The highest BCUT2D eigenvalue weighted by Crippen LogP contribution is 2.53. The molecule has 3 heterocycles. The number of benzene rings is 2. The van der Waals surface area contributed by atoms with Crippen LogP contribution in [-0.2, 0) is 10.3 Å². The maximum atomic E-state index is 14.8. The fourth-order valence-electron chi connectivity index (χ4n) is 3.76. The molecule has 0 bridgehead atoms. The molecule has 8 heteroatoms. The van der Waals surface area contributed by atoms with Gasteiger partial charge in [0, 0.05) is 29.0 Å². The van der Waals surface area contributed by atoms with Gasteiger partial charge < -0.3 is 19.9 Å². The lowest BCUT2D eigenvalue weighted by molar-refractivity contribution is 0.261. The number of amidine groups is 1. The molecule has 3 aromatic rings. The molecular weight excluding hydrogens is 375 g/mol. The van der Waals surface area contributed by atoms with Crippen LogP contribution in [-0.4, -0.2) is 29.7 Å². The summed E-state index contributed by atoms with van der Waals surface area (Å²) in [5.74, 6) is 0.379. The number of aliphatic imine (C=N–C) groups is 1. The van der Waals surface area contributed by atoms with Gasteiger partial charge in [0.1, 0.15) is 18.1 Å². The Hall–Kier alpha value is -3.68. The summed E-state index contributed by atoms with van der Waals surface area (Å²) in [6.07, 6.45) is 3.37. The van der Waals surface area contributed by atoms with Crippen molar-refractivity contribution in [2.24, 2.45) is 10.7 Å². The van der Waals surface area contributed by atoms with E-state index in [0.717, 1.165) is 11.3 Å². The van der Waals surface area contributed by atoms with Crippen LogP contribution in [0, 0.1) is 12.7 Å². The summed E-state index contributed by atoms with van der Waals surface area (Å²) in [5, 5.41) is 0.